The van der Waals surface area contributed by atoms with E-state index in [-0.39, 0.29) is 0 Å². The molecule has 0 aromatic heterocycles. The fourth-order valence-corrected chi connectivity index (χ4v) is 2.78. The predicted molar refractivity (Wildman–Crippen MR) is 86.9 cm³/mol. The minimum Gasteiger partial charge on any atom is -0.389 e. The molecule has 2 heteroatoms. The smallest absolute Gasteiger partial charge is 0.0746 e. The van der Waals surface area contributed by atoms with Crippen LogP contribution >= 0.6 is 0 Å². The van der Waals surface area contributed by atoms with Gasteiger partial charge in [-0.2, -0.15) is 0 Å². The summed E-state index contributed by atoms with van der Waals surface area (Å²) >= 11 is 0. The molecule has 2 unspecified atom stereocenters. The van der Waals surface area contributed by atoms with E-state index in [9.17, 15) is 5.11 Å². The van der Waals surface area contributed by atoms with Crippen LogP contribution in [0.2, 0.25) is 0 Å². The van der Waals surface area contributed by atoms with Gasteiger partial charge in [-0.15, -0.1) is 0 Å². The number of rotatable bonds is 8. The van der Waals surface area contributed by atoms with Gasteiger partial charge in [0.1, 0.15) is 0 Å². The molecule has 0 heterocycles. The van der Waals surface area contributed by atoms with Gasteiger partial charge in [-0.1, -0.05) is 52.0 Å². The molecule has 0 amide bonds. The number of aliphatic hydroxyl groups is 1. The first kappa shape index (κ1) is 17.2. The summed E-state index contributed by atoms with van der Waals surface area (Å²) in [6, 6.07) is 9.13. The Morgan fingerprint density at radius 1 is 1.15 bits per heavy atom. The molecule has 1 aromatic carbocycles. The van der Waals surface area contributed by atoms with E-state index in [1.807, 2.05) is 6.92 Å². The minimum absolute atomic E-state index is 0.319. The average molecular weight is 277 g/mol. The molecule has 114 valence electrons. The van der Waals surface area contributed by atoms with Crippen LogP contribution in [0.3, 0.4) is 0 Å². The second-order valence-electron chi connectivity index (χ2n) is 6.53. The topological polar surface area (TPSA) is 32.3 Å². The second-order valence-corrected chi connectivity index (χ2v) is 6.53. The Balaban J connectivity index is 2.62. The first-order valence-corrected chi connectivity index (χ1v) is 7.92. The maximum atomic E-state index is 10.4. The number of benzene rings is 1. The summed E-state index contributed by atoms with van der Waals surface area (Å²) in [5.74, 6) is 0.510. The van der Waals surface area contributed by atoms with Crippen molar-refractivity contribution in [2.45, 2.75) is 65.5 Å². The third-order valence-electron chi connectivity index (χ3n) is 3.78. The summed E-state index contributed by atoms with van der Waals surface area (Å²) in [5.41, 5.74) is 2.05. The summed E-state index contributed by atoms with van der Waals surface area (Å²) in [5, 5.41) is 13.9. The van der Waals surface area contributed by atoms with Crippen LogP contribution in [0.1, 0.15) is 64.6 Å². The Kier molecular flexibility index (Phi) is 6.70. The Hall–Kier alpha value is -0.860. The van der Waals surface area contributed by atoms with Gasteiger partial charge in [-0.05, 0) is 43.2 Å². The Morgan fingerprint density at radius 2 is 1.75 bits per heavy atom. The van der Waals surface area contributed by atoms with E-state index in [0.29, 0.717) is 18.5 Å². The second kappa shape index (κ2) is 7.80. The first-order chi connectivity index (χ1) is 9.38. The Labute approximate surface area is 124 Å². The third kappa shape index (κ3) is 5.64. The molecule has 0 fully saturated rings. The molecular formula is C18H31NO. The lowest BCUT2D eigenvalue weighted by atomic mass is 9.93. The highest BCUT2D eigenvalue weighted by Gasteiger charge is 2.23. The lowest BCUT2D eigenvalue weighted by Gasteiger charge is -2.28. The molecule has 0 radical (unpaired) electrons. The maximum absolute atomic E-state index is 10.4. The van der Waals surface area contributed by atoms with Gasteiger partial charge in [0.05, 0.1) is 5.60 Å². The molecule has 2 atom stereocenters. The standard InChI is InChI=1S/C18H31NO/c1-6-15-8-10-16(11-9-15)17(7-2)19-13-18(5,20)12-14(3)4/h8-11,14,17,19-20H,6-7,12-13H2,1-5H3. The summed E-state index contributed by atoms with van der Waals surface area (Å²) < 4.78 is 0. The molecule has 20 heavy (non-hydrogen) atoms. The van der Waals surface area contributed by atoms with Crippen molar-refractivity contribution in [2.24, 2.45) is 5.92 Å². The van der Waals surface area contributed by atoms with Crippen LogP contribution in [0.25, 0.3) is 0 Å². The van der Waals surface area contributed by atoms with E-state index < -0.39 is 5.60 Å². The number of hydrogen-bond donors (Lipinski definition) is 2. The summed E-state index contributed by atoms with van der Waals surface area (Å²) in [6.45, 7) is 11.2. The van der Waals surface area contributed by atoms with Gasteiger partial charge in [-0.25, -0.2) is 0 Å². The monoisotopic (exact) mass is 277 g/mol. The van der Waals surface area contributed by atoms with Gasteiger partial charge in [0.15, 0.2) is 0 Å². The van der Waals surface area contributed by atoms with Crippen LogP contribution in [0.4, 0.5) is 0 Å². The number of aryl methyl sites for hydroxylation is 1. The van der Waals surface area contributed by atoms with Crippen molar-refractivity contribution >= 4 is 0 Å². The van der Waals surface area contributed by atoms with Crippen LogP contribution in [0, 0.1) is 5.92 Å². The number of hydrogen-bond acceptors (Lipinski definition) is 2. The fraction of sp³-hybridized carbons (Fsp3) is 0.667. The normalized spacial score (nSPS) is 16.1. The lowest BCUT2D eigenvalue weighted by molar-refractivity contribution is 0.0357. The largest absolute Gasteiger partial charge is 0.389 e. The van der Waals surface area contributed by atoms with Crippen LogP contribution in [0.5, 0.6) is 0 Å². The SMILES string of the molecule is CCc1ccc(C(CC)NCC(C)(O)CC(C)C)cc1. The quantitative estimate of drug-likeness (QED) is 0.750. The fourth-order valence-electron chi connectivity index (χ4n) is 2.78. The highest BCUT2D eigenvalue weighted by atomic mass is 16.3. The molecule has 0 saturated carbocycles. The zero-order chi connectivity index (χ0) is 15.2. The van der Waals surface area contributed by atoms with Crippen molar-refractivity contribution in [3.05, 3.63) is 35.4 Å². The van der Waals surface area contributed by atoms with Crippen LogP contribution in [-0.2, 0) is 6.42 Å². The minimum atomic E-state index is -0.634. The van der Waals surface area contributed by atoms with Gasteiger partial charge in [0, 0.05) is 12.6 Å². The van der Waals surface area contributed by atoms with Gasteiger partial charge < -0.3 is 10.4 Å². The van der Waals surface area contributed by atoms with Crippen molar-refractivity contribution in [1.29, 1.82) is 0 Å². The van der Waals surface area contributed by atoms with Crippen molar-refractivity contribution in [1.82, 2.24) is 5.32 Å². The molecule has 2 nitrogen and oxygen atoms in total. The molecule has 0 aliphatic carbocycles. The zero-order valence-corrected chi connectivity index (χ0v) is 13.7. The summed E-state index contributed by atoms with van der Waals surface area (Å²) in [4.78, 5) is 0. The molecule has 1 aromatic rings. The van der Waals surface area contributed by atoms with Crippen LogP contribution in [-0.4, -0.2) is 17.3 Å². The third-order valence-corrected chi connectivity index (χ3v) is 3.78. The van der Waals surface area contributed by atoms with Crippen molar-refractivity contribution < 1.29 is 5.11 Å². The molecule has 0 saturated heterocycles. The average Bonchev–Trinajstić information content (AvgIpc) is 2.38. The van der Waals surface area contributed by atoms with Crippen molar-refractivity contribution in [3.8, 4) is 0 Å². The van der Waals surface area contributed by atoms with E-state index >= 15 is 0 Å². The maximum Gasteiger partial charge on any atom is 0.0746 e. The molecular weight excluding hydrogens is 246 g/mol. The van der Waals surface area contributed by atoms with E-state index in [0.717, 1.165) is 19.3 Å². The molecule has 0 aliphatic rings. The van der Waals surface area contributed by atoms with Gasteiger partial charge in [0.25, 0.3) is 0 Å². The van der Waals surface area contributed by atoms with Crippen LogP contribution < -0.4 is 5.32 Å². The number of nitrogens with one attached hydrogen (secondary N) is 1. The summed E-state index contributed by atoms with van der Waals surface area (Å²) in [6.07, 6.45) is 2.93. The van der Waals surface area contributed by atoms with E-state index in [2.05, 4.69) is 57.3 Å². The zero-order valence-electron chi connectivity index (χ0n) is 13.7. The van der Waals surface area contributed by atoms with Gasteiger partial charge >= 0.3 is 0 Å². The molecule has 1 rings (SSSR count). The highest BCUT2D eigenvalue weighted by Crippen LogP contribution is 2.20. The van der Waals surface area contributed by atoms with Gasteiger partial charge in [0.2, 0.25) is 0 Å². The Bertz CT molecular complexity index is 381. The summed E-state index contributed by atoms with van der Waals surface area (Å²) in [7, 11) is 0. The van der Waals surface area contributed by atoms with E-state index in [1.54, 1.807) is 0 Å². The van der Waals surface area contributed by atoms with Crippen LogP contribution in [0.15, 0.2) is 24.3 Å². The van der Waals surface area contributed by atoms with E-state index in [4.69, 9.17) is 0 Å². The predicted octanol–water partition coefficient (Wildman–Crippen LogP) is 4.09. The lowest BCUT2D eigenvalue weighted by Crippen LogP contribution is -2.40. The molecule has 0 aliphatic heterocycles. The molecule has 0 bridgehead atoms. The van der Waals surface area contributed by atoms with Crippen molar-refractivity contribution in [2.75, 3.05) is 6.54 Å². The van der Waals surface area contributed by atoms with E-state index in [1.165, 1.54) is 11.1 Å². The highest BCUT2D eigenvalue weighted by molar-refractivity contribution is 5.25. The molecule has 0 spiro atoms. The Morgan fingerprint density at radius 3 is 2.20 bits per heavy atom. The molecule has 2 N–H and O–H groups in total. The van der Waals surface area contributed by atoms with Gasteiger partial charge in [-0.3, -0.25) is 0 Å². The van der Waals surface area contributed by atoms with Crippen molar-refractivity contribution in [3.63, 3.8) is 0 Å². The first-order valence-electron chi connectivity index (χ1n) is 7.92.